The molecule has 110 valence electrons. The van der Waals surface area contributed by atoms with Crippen LogP contribution < -0.4 is 0 Å². The van der Waals surface area contributed by atoms with Gasteiger partial charge in [-0.25, -0.2) is 9.97 Å². The van der Waals surface area contributed by atoms with Gasteiger partial charge in [0.05, 0.1) is 9.26 Å². The summed E-state index contributed by atoms with van der Waals surface area (Å²) in [5.41, 5.74) is 3.13. The van der Waals surface area contributed by atoms with Gasteiger partial charge in [0, 0.05) is 12.1 Å². The molecule has 0 radical (unpaired) electrons. The summed E-state index contributed by atoms with van der Waals surface area (Å²) in [6.45, 7) is 2.12. The van der Waals surface area contributed by atoms with Crippen molar-refractivity contribution in [2.24, 2.45) is 0 Å². The fourth-order valence-electron chi connectivity index (χ4n) is 2.94. The van der Waals surface area contributed by atoms with Crippen molar-refractivity contribution in [3.63, 3.8) is 0 Å². The predicted octanol–water partition coefficient (Wildman–Crippen LogP) is 5.02. The fraction of sp³-hybridized carbons (Fsp3) is 0.438. The van der Waals surface area contributed by atoms with Gasteiger partial charge in [-0.05, 0) is 53.5 Å². The number of hydrogen-bond acceptors (Lipinski definition) is 3. The van der Waals surface area contributed by atoms with Crippen LogP contribution in [0.15, 0.2) is 18.3 Å². The van der Waals surface area contributed by atoms with E-state index in [1.54, 1.807) is 6.20 Å². The van der Waals surface area contributed by atoms with Gasteiger partial charge in [-0.3, -0.25) is 4.98 Å². The van der Waals surface area contributed by atoms with Crippen molar-refractivity contribution in [3.8, 4) is 11.5 Å². The smallest absolute Gasteiger partial charge is 0.180 e. The summed E-state index contributed by atoms with van der Waals surface area (Å²) in [6, 6.07) is 4.03. The highest BCUT2D eigenvalue weighted by atomic mass is 127. The molecule has 0 unspecified atom stereocenters. The lowest BCUT2D eigenvalue weighted by molar-refractivity contribution is 0.689. The summed E-state index contributed by atoms with van der Waals surface area (Å²) < 4.78 is 0.999. The zero-order chi connectivity index (χ0) is 14.8. The third-order valence-corrected chi connectivity index (χ3v) is 5.72. The molecule has 1 aliphatic carbocycles. The molecule has 21 heavy (non-hydrogen) atoms. The second kappa shape index (κ2) is 6.57. The van der Waals surface area contributed by atoms with E-state index < -0.39 is 0 Å². The van der Waals surface area contributed by atoms with Gasteiger partial charge in [0.15, 0.2) is 5.82 Å². The minimum Gasteiger partial charge on any atom is -0.253 e. The Labute approximate surface area is 143 Å². The molecule has 2 aromatic heterocycles. The van der Waals surface area contributed by atoms with Gasteiger partial charge in [-0.2, -0.15) is 0 Å². The zero-order valence-corrected chi connectivity index (χ0v) is 14.9. The van der Waals surface area contributed by atoms with Crippen molar-refractivity contribution in [1.82, 2.24) is 15.0 Å². The number of rotatable bonds is 3. The molecule has 0 N–H and O–H groups in total. The maximum Gasteiger partial charge on any atom is 0.180 e. The lowest BCUT2D eigenvalue weighted by Gasteiger charge is -2.14. The van der Waals surface area contributed by atoms with E-state index in [0.717, 1.165) is 26.9 Å². The zero-order valence-electron chi connectivity index (χ0n) is 11.9. The van der Waals surface area contributed by atoms with E-state index in [4.69, 9.17) is 16.6 Å². The normalized spacial score (nSPS) is 15.6. The van der Waals surface area contributed by atoms with E-state index in [0.29, 0.717) is 16.9 Å². The van der Waals surface area contributed by atoms with Crippen LogP contribution in [0.4, 0.5) is 0 Å². The van der Waals surface area contributed by atoms with Gasteiger partial charge in [0.2, 0.25) is 0 Å². The van der Waals surface area contributed by atoms with Gasteiger partial charge in [0.1, 0.15) is 10.8 Å². The summed E-state index contributed by atoms with van der Waals surface area (Å²) in [6.07, 6.45) is 7.66. The van der Waals surface area contributed by atoms with Crippen LogP contribution >= 0.6 is 34.2 Å². The Morgan fingerprint density at radius 2 is 2.05 bits per heavy atom. The Bertz CT molecular complexity index is 654. The van der Waals surface area contributed by atoms with Crippen LogP contribution in [0.1, 0.15) is 49.8 Å². The van der Waals surface area contributed by atoms with Crippen LogP contribution in [0.25, 0.3) is 11.5 Å². The van der Waals surface area contributed by atoms with Crippen LogP contribution in [0, 0.1) is 3.57 Å². The quantitative estimate of drug-likeness (QED) is 0.524. The van der Waals surface area contributed by atoms with Gasteiger partial charge >= 0.3 is 0 Å². The first-order chi connectivity index (χ1) is 10.2. The van der Waals surface area contributed by atoms with Crippen LogP contribution in [0.5, 0.6) is 0 Å². The van der Waals surface area contributed by atoms with Gasteiger partial charge in [-0.1, -0.05) is 37.4 Å². The second-order valence-corrected chi connectivity index (χ2v) is 6.82. The molecule has 1 saturated carbocycles. The molecule has 1 aliphatic rings. The second-order valence-electron chi connectivity index (χ2n) is 5.38. The third kappa shape index (κ3) is 3.06. The number of hydrogen-bond donors (Lipinski definition) is 0. The topological polar surface area (TPSA) is 38.7 Å². The molecule has 0 bridgehead atoms. The van der Waals surface area contributed by atoms with Crippen molar-refractivity contribution in [2.75, 3.05) is 0 Å². The fourth-order valence-corrected chi connectivity index (χ4v) is 3.80. The van der Waals surface area contributed by atoms with Crippen LogP contribution in [-0.4, -0.2) is 15.0 Å². The molecule has 0 aromatic carbocycles. The first-order valence-electron chi connectivity index (χ1n) is 7.38. The van der Waals surface area contributed by atoms with E-state index in [9.17, 15) is 0 Å². The summed E-state index contributed by atoms with van der Waals surface area (Å²) in [5, 5.41) is 0.551. The monoisotopic (exact) mass is 413 g/mol. The van der Waals surface area contributed by atoms with E-state index in [-0.39, 0.29) is 0 Å². The summed E-state index contributed by atoms with van der Waals surface area (Å²) in [7, 11) is 0. The molecule has 5 heteroatoms. The minimum atomic E-state index is 0.518. The number of pyridine rings is 1. The van der Waals surface area contributed by atoms with Gasteiger partial charge in [-0.15, -0.1) is 0 Å². The number of nitrogens with zero attached hydrogens (tertiary/aromatic N) is 3. The Morgan fingerprint density at radius 1 is 1.29 bits per heavy atom. The van der Waals surface area contributed by atoms with Crippen LogP contribution in [0.3, 0.4) is 0 Å². The molecule has 0 spiro atoms. The first kappa shape index (κ1) is 15.2. The largest absolute Gasteiger partial charge is 0.253 e. The lowest BCUT2D eigenvalue weighted by atomic mass is 10.0. The Hall–Kier alpha value is -0.750. The maximum absolute atomic E-state index is 6.36. The highest BCUT2D eigenvalue weighted by molar-refractivity contribution is 14.1. The molecule has 0 aliphatic heterocycles. The minimum absolute atomic E-state index is 0.518. The van der Waals surface area contributed by atoms with Crippen molar-refractivity contribution in [1.29, 1.82) is 0 Å². The standard InChI is InChI=1S/C16H17ClIN3/c1-2-10-8-5-9-19-14(10)16-20-13(11-6-3-4-7-11)12(18)15(17)21-16/h5,8-9,11H,2-4,6-7H2,1H3. The molecule has 3 nitrogen and oxygen atoms in total. The molecular weight excluding hydrogens is 397 g/mol. The molecule has 2 heterocycles. The Kier molecular flexibility index (Phi) is 4.74. The lowest BCUT2D eigenvalue weighted by Crippen LogP contribution is -2.06. The Balaban J connectivity index is 2.11. The van der Waals surface area contributed by atoms with Gasteiger partial charge < -0.3 is 0 Å². The highest BCUT2D eigenvalue weighted by Gasteiger charge is 2.24. The Morgan fingerprint density at radius 3 is 2.76 bits per heavy atom. The van der Waals surface area contributed by atoms with E-state index >= 15 is 0 Å². The first-order valence-corrected chi connectivity index (χ1v) is 8.83. The van der Waals surface area contributed by atoms with Crippen LogP contribution in [-0.2, 0) is 6.42 Å². The summed E-state index contributed by atoms with van der Waals surface area (Å²) >= 11 is 8.63. The molecular formula is C16H17ClIN3. The van der Waals surface area contributed by atoms with E-state index in [1.807, 2.05) is 6.07 Å². The predicted molar refractivity (Wildman–Crippen MR) is 93.6 cm³/mol. The van der Waals surface area contributed by atoms with Crippen molar-refractivity contribution in [3.05, 3.63) is 38.3 Å². The molecule has 1 fully saturated rings. The van der Waals surface area contributed by atoms with Gasteiger partial charge in [0.25, 0.3) is 0 Å². The number of aryl methyl sites for hydroxylation is 1. The van der Waals surface area contributed by atoms with E-state index in [2.05, 4.69) is 45.5 Å². The maximum atomic E-state index is 6.36. The molecule has 0 atom stereocenters. The average Bonchev–Trinajstić information content (AvgIpc) is 3.04. The van der Waals surface area contributed by atoms with Crippen LogP contribution in [0.2, 0.25) is 5.15 Å². The highest BCUT2D eigenvalue weighted by Crippen LogP contribution is 2.37. The summed E-state index contributed by atoms with van der Waals surface area (Å²) in [4.78, 5) is 13.8. The SMILES string of the molecule is CCc1cccnc1-c1nc(Cl)c(I)c(C2CCCC2)n1. The number of halogens is 2. The number of aromatic nitrogens is 3. The van der Waals surface area contributed by atoms with Crippen molar-refractivity contribution in [2.45, 2.75) is 44.9 Å². The third-order valence-electron chi connectivity index (χ3n) is 4.06. The molecule has 2 aromatic rings. The van der Waals surface area contributed by atoms with E-state index in [1.165, 1.54) is 25.7 Å². The van der Waals surface area contributed by atoms with Crippen molar-refractivity contribution >= 4 is 34.2 Å². The average molecular weight is 414 g/mol. The molecule has 0 saturated heterocycles. The molecule has 0 amide bonds. The summed E-state index contributed by atoms with van der Waals surface area (Å²) in [5.74, 6) is 1.18. The van der Waals surface area contributed by atoms with Crippen molar-refractivity contribution < 1.29 is 0 Å². The molecule has 3 rings (SSSR count).